The summed E-state index contributed by atoms with van der Waals surface area (Å²) in [6, 6.07) is 0. The van der Waals surface area contributed by atoms with Crippen molar-refractivity contribution >= 4 is 12.4 Å². The molecule has 5 aliphatic rings. The Morgan fingerprint density at radius 3 is 2.20 bits per heavy atom. The van der Waals surface area contributed by atoms with Gasteiger partial charge in [-0.2, -0.15) is 0 Å². The highest BCUT2D eigenvalue weighted by Crippen LogP contribution is 2.60. The van der Waals surface area contributed by atoms with Crippen molar-refractivity contribution in [3.8, 4) is 0 Å². The van der Waals surface area contributed by atoms with Gasteiger partial charge in [0.2, 0.25) is 0 Å². The van der Waals surface area contributed by atoms with Crippen molar-refractivity contribution < 1.29 is 5.11 Å². The predicted molar refractivity (Wildman–Crippen MR) is 83.2 cm³/mol. The van der Waals surface area contributed by atoms with E-state index in [1.165, 1.54) is 64.8 Å². The van der Waals surface area contributed by atoms with E-state index < -0.39 is 0 Å². The lowest BCUT2D eigenvalue weighted by Crippen LogP contribution is -2.61. The van der Waals surface area contributed by atoms with Crippen molar-refractivity contribution in [3.05, 3.63) is 0 Å². The van der Waals surface area contributed by atoms with Crippen LogP contribution in [0.3, 0.4) is 0 Å². The van der Waals surface area contributed by atoms with Crippen LogP contribution in [-0.4, -0.2) is 60.8 Å². The largest absolute Gasteiger partial charge is 0.392 e. The van der Waals surface area contributed by atoms with Gasteiger partial charge >= 0.3 is 0 Å². The maximum absolute atomic E-state index is 10.8. The number of rotatable bonds is 2. The minimum atomic E-state index is -0.0000406. The van der Waals surface area contributed by atoms with E-state index in [0.717, 1.165) is 11.8 Å². The van der Waals surface area contributed by atoms with Crippen molar-refractivity contribution in [1.82, 2.24) is 9.80 Å². The lowest BCUT2D eigenvalue weighted by Gasteiger charge is -2.60. The van der Waals surface area contributed by atoms with Gasteiger partial charge in [-0.15, -0.1) is 12.4 Å². The van der Waals surface area contributed by atoms with E-state index in [9.17, 15) is 5.11 Å². The van der Waals surface area contributed by atoms with Crippen molar-refractivity contribution in [2.45, 2.75) is 38.2 Å². The van der Waals surface area contributed by atoms with E-state index >= 15 is 0 Å². The Kier molecular flexibility index (Phi) is 4.09. The normalized spacial score (nSPS) is 48.3. The Balaban J connectivity index is 0.00000121. The van der Waals surface area contributed by atoms with Gasteiger partial charge in [-0.3, -0.25) is 0 Å². The first kappa shape index (κ1) is 15.1. The molecule has 0 spiro atoms. The molecular formula is C16H29ClN2O. The summed E-state index contributed by atoms with van der Waals surface area (Å²) in [6.07, 6.45) is 6.74. The zero-order chi connectivity index (χ0) is 13.0. The monoisotopic (exact) mass is 300 g/mol. The molecular weight excluding hydrogens is 272 g/mol. The molecule has 116 valence electrons. The summed E-state index contributed by atoms with van der Waals surface area (Å²) in [4.78, 5) is 5.06. The molecule has 0 aromatic carbocycles. The molecule has 4 saturated carbocycles. The van der Waals surface area contributed by atoms with Crippen LogP contribution in [0.25, 0.3) is 0 Å². The second-order valence-electron chi connectivity index (χ2n) is 7.99. The van der Waals surface area contributed by atoms with Crippen LogP contribution in [0.5, 0.6) is 0 Å². The molecule has 1 N–H and O–H groups in total. The molecule has 20 heavy (non-hydrogen) atoms. The number of piperazine rings is 1. The van der Waals surface area contributed by atoms with Crippen LogP contribution in [0, 0.1) is 23.2 Å². The lowest BCUT2D eigenvalue weighted by molar-refractivity contribution is -0.165. The van der Waals surface area contributed by atoms with Crippen LogP contribution in [0.2, 0.25) is 0 Å². The Bertz CT molecular complexity index is 342. The van der Waals surface area contributed by atoms with Crippen molar-refractivity contribution in [2.75, 3.05) is 39.8 Å². The van der Waals surface area contributed by atoms with Gasteiger partial charge in [0.05, 0.1) is 6.10 Å². The van der Waals surface area contributed by atoms with Gasteiger partial charge in [0, 0.05) is 38.1 Å². The van der Waals surface area contributed by atoms with Crippen LogP contribution in [-0.2, 0) is 0 Å². The third-order valence-corrected chi connectivity index (χ3v) is 6.54. The molecule has 4 bridgehead atoms. The highest BCUT2D eigenvalue weighted by Gasteiger charge is 2.56. The molecule has 5 rings (SSSR count). The summed E-state index contributed by atoms with van der Waals surface area (Å²) in [5.41, 5.74) is 0.269. The van der Waals surface area contributed by atoms with Crippen molar-refractivity contribution in [3.63, 3.8) is 0 Å². The van der Waals surface area contributed by atoms with Crippen LogP contribution < -0.4 is 0 Å². The molecule has 0 aromatic heterocycles. The summed E-state index contributed by atoms with van der Waals surface area (Å²) >= 11 is 0. The molecule has 3 nitrogen and oxygen atoms in total. The van der Waals surface area contributed by atoms with E-state index in [1.54, 1.807) is 0 Å². The highest BCUT2D eigenvalue weighted by atomic mass is 35.5. The molecule has 4 aliphatic carbocycles. The fourth-order valence-electron chi connectivity index (χ4n) is 5.86. The van der Waals surface area contributed by atoms with Gasteiger partial charge in [0.1, 0.15) is 0 Å². The molecule has 1 aliphatic heterocycles. The van der Waals surface area contributed by atoms with Crippen molar-refractivity contribution in [2.24, 2.45) is 23.2 Å². The number of halogens is 1. The van der Waals surface area contributed by atoms with E-state index in [-0.39, 0.29) is 23.9 Å². The molecule has 1 saturated heterocycles. The fourth-order valence-corrected chi connectivity index (χ4v) is 5.86. The minimum absolute atomic E-state index is 0. The van der Waals surface area contributed by atoms with E-state index in [2.05, 4.69) is 16.8 Å². The lowest BCUT2D eigenvalue weighted by atomic mass is 9.48. The molecule has 0 radical (unpaired) electrons. The fraction of sp³-hybridized carbons (Fsp3) is 1.00. The Morgan fingerprint density at radius 1 is 1.00 bits per heavy atom. The molecule has 4 heteroatoms. The molecule has 3 atom stereocenters. The maximum Gasteiger partial charge on any atom is 0.0637 e. The third-order valence-electron chi connectivity index (χ3n) is 6.54. The number of nitrogens with zero attached hydrogens (tertiary/aromatic N) is 2. The molecule has 5 fully saturated rings. The van der Waals surface area contributed by atoms with Gasteiger partial charge in [-0.25, -0.2) is 0 Å². The van der Waals surface area contributed by atoms with Crippen LogP contribution in [0.15, 0.2) is 0 Å². The second-order valence-corrected chi connectivity index (χ2v) is 7.99. The van der Waals surface area contributed by atoms with E-state index in [1.807, 2.05) is 0 Å². The average molecular weight is 301 g/mol. The summed E-state index contributed by atoms with van der Waals surface area (Å²) in [6.45, 7) is 5.96. The minimum Gasteiger partial charge on any atom is -0.392 e. The van der Waals surface area contributed by atoms with Gasteiger partial charge in [0.15, 0.2) is 0 Å². The Labute approximate surface area is 129 Å². The van der Waals surface area contributed by atoms with E-state index in [0.29, 0.717) is 5.92 Å². The topological polar surface area (TPSA) is 26.7 Å². The standard InChI is InChI=1S/C16H28N2O.ClH/c1-17-2-4-18(5-3-17)11-16-9-12-6-13(10-16)8-14(7-12)15(16)19;/h12-15,19H,2-11H2,1H3;1H. The van der Waals surface area contributed by atoms with Gasteiger partial charge in [-0.05, 0) is 56.9 Å². The Hall–Kier alpha value is 0.170. The Morgan fingerprint density at radius 2 is 1.60 bits per heavy atom. The average Bonchev–Trinajstić information content (AvgIpc) is 2.38. The quantitative estimate of drug-likeness (QED) is 0.843. The second kappa shape index (κ2) is 5.42. The zero-order valence-electron chi connectivity index (χ0n) is 12.6. The van der Waals surface area contributed by atoms with Gasteiger partial charge in [-0.1, -0.05) is 0 Å². The molecule has 0 aromatic rings. The molecule has 3 unspecified atom stereocenters. The highest BCUT2D eigenvalue weighted by molar-refractivity contribution is 5.85. The number of likely N-dealkylation sites (N-methyl/N-ethyl adjacent to an activating group) is 1. The van der Waals surface area contributed by atoms with Gasteiger partial charge < -0.3 is 14.9 Å². The number of aliphatic hydroxyl groups excluding tert-OH is 1. The van der Waals surface area contributed by atoms with Crippen LogP contribution >= 0.6 is 12.4 Å². The molecule has 1 heterocycles. The van der Waals surface area contributed by atoms with E-state index in [4.69, 9.17) is 0 Å². The number of aliphatic hydroxyl groups is 1. The predicted octanol–water partition coefficient (Wildman–Crippen LogP) is 1.84. The first-order valence-electron chi connectivity index (χ1n) is 8.24. The SMILES string of the molecule is CN1CCN(CC23CC4CC(CC(C4)C2O)C3)CC1.Cl. The summed E-state index contributed by atoms with van der Waals surface area (Å²) in [5, 5.41) is 10.8. The summed E-state index contributed by atoms with van der Waals surface area (Å²) < 4.78 is 0. The molecule has 0 amide bonds. The zero-order valence-corrected chi connectivity index (χ0v) is 13.4. The number of hydrogen-bond donors (Lipinski definition) is 1. The maximum atomic E-state index is 10.8. The van der Waals surface area contributed by atoms with Crippen LogP contribution in [0.1, 0.15) is 32.1 Å². The smallest absolute Gasteiger partial charge is 0.0637 e. The first-order valence-corrected chi connectivity index (χ1v) is 8.24. The third kappa shape index (κ3) is 2.41. The van der Waals surface area contributed by atoms with Gasteiger partial charge in [0.25, 0.3) is 0 Å². The van der Waals surface area contributed by atoms with Crippen molar-refractivity contribution in [1.29, 1.82) is 0 Å². The summed E-state index contributed by atoms with van der Waals surface area (Å²) in [5.74, 6) is 2.51. The number of hydrogen-bond acceptors (Lipinski definition) is 3. The summed E-state index contributed by atoms with van der Waals surface area (Å²) in [7, 11) is 2.22. The van der Waals surface area contributed by atoms with Crippen LogP contribution in [0.4, 0.5) is 0 Å². The first-order chi connectivity index (χ1) is 9.14.